The highest BCUT2D eigenvalue weighted by atomic mass is 16.4. The molecule has 0 aliphatic carbocycles. The highest BCUT2D eigenvalue weighted by molar-refractivity contribution is 5.96. The van der Waals surface area contributed by atoms with Gasteiger partial charge in [-0.05, 0) is 37.8 Å². The molecule has 1 atom stereocenters. The third-order valence-electron chi connectivity index (χ3n) is 4.37. The van der Waals surface area contributed by atoms with E-state index >= 15 is 0 Å². The van der Waals surface area contributed by atoms with Crippen LogP contribution in [0.25, 0.3) is 0 Å². The molecular weight excluding hydrogens is 254 g/mol. The van der Waals surface area contributed by atoms with Crippen molar-refractivity contribution in [2.45, 2.75) is 33.1 Å². The summed E-state index contributed by atoms with van der Waals surface area (Å²) in [4.78, 5) is 25.8. The van der Waals surface area contributed by atoms with Crippen LogP contribution >= 0.6 is 0 Å². The molecule has 1 aromatic rings. The van der Waals surface area contributed by atoms with Crippen LogP contribution in [0.3, 0.4) is 0 Å². The summed E-state index contributed by atoms with van der Waals surface area (Å²) in [7, 11) is 0. The Morgan fingerprint density at radius 2 is 2.05 bits per heavy atom. The Morgan fingerprint density at radius 3 is 2.65 bits per heavy atom. The summed E-state index contributed by atoms with van der Waals surface area (Å²) >= 11 is 0. The van der Waals surface area contributed by atoms with E-state index < -0.39 is 11.4 Å². The number of benzene rings is 1. The lowest BCUT2D eigenvalue weighted by atomic mass is 9.77. The van der Waals surface area contributed by atoms with Gasteiger partial charge in [0.2, 0.25) is 0 Å². The number of piperidine rings is 1. The minimum absolute atomic E-state index is 0.0538. The van der Waals surface area contributed by atoms with Gasteiger partial charge in [-0.3, -0.25) is 9.59 Å². The summed E-state index contributed by atoms with van der Waals surface area (Å²) in [5.74, 6) is -0.843. The first kappa shape index (κ1) is 14.6. The quantitative estimate of drug-likeness (QED) is 0.922. The minimum Gasteiger partial charge on any atom is -0.481 e. The molecule has 1 N–H and O–H groups in total. The molecule has 1 heterocycles. The number of aryl methyl sites for hydroxylation is 1. The second-order valence-corrected chi connectivity index (χ2v) is 5.58. The van der Waals surface area contributed by atoms with E-state index in [0.29, 0.717) is 31.5 Å². The van der Waals surface area contributed by atoms with Gasteiger partial charge in [-0.25, -0.2) is 0 Å². The fourth-order valence-electron chi connectivity index (χ4n) is 2.90. The lowest BCUT2D eigenvalue weighted by Gasteiger charge is -2.39. The van der Waals surface area contributed by atoms with Crippen molar-refractivity contribution in [1.82, 2.24) is 4.90 Å². The Kier molecular flexibility index (Phi) is 4.12. The van der Waals surface area contributed by atoms with Crippen molar-refractivity contribution in [3.63, 3.8) is 0 Å². The van der Waals surface area contributed by atoms with Crippen LogP contribution in [0.2, 0.25) is 0 Å². The van der Waals surface area contributed by atoms with Gasteiger partial charge in [-0.15, -0.1) is 0 Å². The maximum Gasteiger partial charge on any atom is 0.311 e. The zero-order chi connectivity index (χ0) is 14.8. The fraction of sp³-hybridized carbons (Fsp3) is 0.500. The number of carbonyl (C=O) groups is 2. The van der Waals surface area contributed by atoms with Gasteiger partial charge in [-0.2, -0.15) is 0 Å². The van der Waals surface area contributed by atoms with E-state index in [2.05, 4.69) is 0 Å². The van der Waals surface area contributed by atoms with E-state index in [9.17, 15) is 14.7 Å². The first-order chi connectivity index (χ1) is 9.50. The molecule has 4 nitrogen and oxygen atoms in total. The summed E-state index contributed by atoms with van der Waals surface area (Å²) < 4.78 is 0. The zero-order valence-electron chi connectivity index (χ0n) is 12.1. The fourth-order valence-corrected chi connectivity index (χ4v) is 2.90. The average molecular weight is 275 g/mol. The van der Waals surface area contributed by atoms with Gasteiger partial charge in [0.25, 0.3) is 5.91 Å². The Morgan fingerprint density at radius 1 is 1.35 bits per heavy atom. The van der Waals surface area contributed by atoms with E-state index in [0.717, 1.165) is 12.0 Å². The molecule has 1 saturated heterocycles. The van der Waals surface area contributed by atoms with Gasteiger partial charge in [-0.1, -0.05) is 25.1 Å². The number of likely N-dealkylation sites (tertiary alicyclic amines) is 1. The van der Waals surface area contributed by atoms with Gasteiger partial charge in [0.15, 0.2) is 0 Å². The minimum atomic E-state index is -0.790. The van der Waals surface area contributed by atoms with Gasteiger partial charge in [0.05, 0.1) is 5.41 Å². The predicted molar refractivity (Wildman–Crippen MR) is 76.7 cm³/mol. The molecule has 1 amide bonds. The van der Waals surface area contributed by atoms with Gasteiger partial charge in [0, 0.05) is 18.7 Å². The average Bonchev–Trinajstić information content (AvgIpc) is 2.47. The Bertz CT molecular complexity index is 526. The van der Waals surface area contributed by atoms with E-state index in [4.69, 9.17) is 0 Å². The van der Waals surface area contributed by atoms with Crippen LogP contribution in [-0.4, -0.2) is 35.0 Å². The summed E-state index contributed by atoms with van der Waals surface area (Å²) in [6, 6.07) is 7.45. The van der Waals surface area contributed by atoms with Crippen molar-refractivity contribution < 1.29 is 14.7 Å². The van der Waals surface area contributed by atoms with Gasteiger partial charge >= 0.3 is 5.97 Å². The number of aliphatic carboxylic acids is 1. The van der Waals surface area contributed by atoms with Crippen molar-refractivity contribution in [1.29, 1.82) is 0 Å². The van der Waals surface area contributed by atoms with Gasteiger partial charge in [0.1, 0.15) is 0 Å². The number of carboxylic acids is 1. The van der Waals surface area contributed by atoms with Crippen molar-refractivity contribution in [3.05, 3.63) is 35.4 Å². The van der Waals surface area contributed by atoms with E-state index in [1.807, 2.05) is 32.0 Å². The highest BCUT2D eigenvalue weighted by Crippen LogP contribution is 2.34. The number of amides is 1. The standard InChI is InChI=1S/C16H21NO3/c1-3-16(15(19)20)9-6-10-17(11-16)14(18)13-8-5-4-7-12(13)2/h4-5,7-8H,3,6,9-11H2,1-2H3,(H,19,20). The molecule has 1 aromatic carbocycles. The van der Waals surface area contributed by atoms with Crippen molar-refractivity contribution >= 4 is 11.9 Å². The Labute approximate surface area is 119 Å². The number of carboxylic acid groups (broad SMARTS) is 1. The summed E-state index contributed by atoms with van der Waals surface area (Å²) in [5.41, 5.74) is 0.821. The molecule has 4 heteroatoms. The molecular formula is C16H21NO3. The molecule has 2 rings (SSSR count). The third-order valence-corrected chi connectivity index (χ3v) is 4.37. The van der Waals surface area contributed by atoms with Crippen molar-refractivity contribution in [3.8, 4) is 0 Å². The molecule has 1 unspecified atom stereocenters. The van der Waals surface area contributed by atoms with Crippen LogP contribution in [0.4, 0.5) is 0 Å². The molecule has 0 saturated carbocycles. The smallest absolute Gasteiger partial charge is 0.311 e. The number of hydrogen-bond donors (Lipinski definition) is 1. The highest BCUT2D eigenvalue weighted by Gasteiger charge is 2.42. The maximum atomic E-state index is 12.6. The van der Waals surface area contributed by atoms with E-state index in [1.54, 1.807) is 11.0 Å². The van der Waals surface area contributed by atoms with Crippen LogP contribution < -0.4 is 0 Å². The SMILES string of the molecule is CCC1(C(=O)O)CCCN(C(=O)c2ccccc2C)C1. The topological polar surface area (TPSA) is 57.6 Å². The molecule has 0 radical (unpaired) electrons. The largest absolute Gasteiger partial charge is 0.481 e. The number of rotatable bonds is 3. The van der Waals surface area contributed by atoms with Crippen LogP contribution in [0.15, 0.2) is 24.3 Å². The normalized spacial score (nSPS) is 22.6. The molecule has 108 valence electrons. The first-order valence-electron chi connectivity index (χ1n) is 7.08. The number of nitrogens with zero attached hydrogens (tertiary/aromatic N) is 1. The Hall–Kier alpha value is -1.84. The lowest BCUT2D eigenvalue weighted by molar-refractivity contribution is -0.152. The molecule has 1 aliphatic rings. The second kappa shape index (κ2) is 5.65. The monoisotopic (exact) mass is 275 g/mol. The van der Waals surface area contributed by atoms with Crippen molar-refractivity contribution in [2.24, 2.45) is 5.41 Å². The second-order valence-electron chi connectivity index (χ2n) is 5.58. The van der Waals surface area contributed by atoms with Crippen molar-refractivity contribution in [2.75, 3.05) is 13.1 Å². The van der Waals surface area contributed by atoms with Gasteiger partial charge < -0.3 is 10.0 Å². The van der Waals surface area contributed by atoms with E-state index in [1.165, 1.54) is 0 Å². The number of hydrogen-bond acceptors (Lipinski definition) is 2. The summed E-state index contributed by atoms with van der Waals surface area (Å²) in [6.07, 6.45) is 1.95. The van der Waals surface area contributed by atoms with E-state index in [-0.39, 0.29) is 5.91 Å². The lowest BCUT2D eigenvalue weighted by Crippen LogP contribution is -2.49. The predicted octanol–water partition coefficient (Wildman–Crippen LogP) is 2.71. The molecule has 1 aliphatic heterocycles. The van der Waals surface area contributed by atoms with Crippen LogP contribution in [0.5, 0.6) is 0 Å². The third kappa shape index (κ3) is 2.55. The molecule has 0 bridgehead atoms. The van der Waals surface area contributed by atoms with Crippen LogP contribution in [0, 0.1) is 12.3 Å². The first-order valence-corrected chi connectivity index (χ1v) is 7.08. The molecule has 1 fully saturated rings. The molecule has 0 aromatic heterocycles. The number of carbonyl (C=O) groups excluding carboxylic acids is 1. The summed E-state index contributed by atoms with van der Waals surface area (Å²) in [6.45, 7) is 4.74. The van der Waals surface area contributed by atoms with Crippen LogP contribution in [-0.2, 0) is 4.79 Å². The summed E-state index contributed by atoms with van der Waals surface area (Å²) in [5, 5.41) is 9.48. The molecule has 0 spiro atoms. The Balaban J connectivity index is 2.23. The van der Waals surface area contributed by atoms with Crippen LogP contribution in [0.1, 0.15) is 42.1 Å². The zero-order valence-corrected chi connectivity index (χ0v) is 12.1. The molecule has 20 heavy (non-hydrogen) atoms. The maximum absolute atomic E-state index is 12.6.